The second-order valence-corrected chi connectivity index (χ2v) is 12.6. The molecule has 0 saturated carbocycles. The first-order valence-electron chi connectivity index (χ1n) is 7.85. The number of carboxylic acids is 1. The number of carbonyl (C=O) groups is 1. The van der Waals surface area contributed by atoms with Gasteiger partial charge in [-0.15, -0.1) is 0 Å². The van der Waals surface area contributed by atoms with Crippen LogP contribution in [-0.4, -0.2) is 35.5 Å². The van der Waals surface area contributed by atoms with Crippen LogP contribution in [0.3, 0.4) is 0 Å². The van der Waals surface area contributed by atoms with Crippen molar-refractivity contribution in [2.45, 2.75) is 38.8 Å². The average Bonchev–Trinajstić information content (AvgIpc) is 2.93. The molecule has 0 aliphatic carbocycles. The van der Waals surface area contributed by atoms with Crippen LogP contribution in [0.2, 0.25) is 25.7 Å². The van der Waals surface area contributed by atoms with Gasteiger partial charge in [-0.3, -0.25) is 4.79 Å². The predicted octanol–water partition coefficient (Wildman–Crippen LogP) is 3.63. The summed E-state index contributed by atoms with van der Waals surface area (Å²) in [6, 6.07) is 5.64. The summed E-state index contributed by atoms with van der Waals surface area (Å²) in [5, 5.41) is 13.0. The highest BCUT2D eigenvalue weighted by Crippen LogP contribution is 2.22. The Morgan fingerprint density at radius 1 is 1.33 bits per heavy atom. The molecular formula is C17H23FN2O3Si. The Bertz CT molecular complexity index is 710. The number of ether oxygens (including phenoxy) is 1. The van der Waals surface area contributed by atoms with Gasteiger partial charge < -0.3 is 9.84 Å². The lowest BCUT2D eigenvalue weighted by Gasteiger charge is -2.15. The monoisotopic (exact) mass is 350 g/mol. The molecule has 0 saturated heterocycles. The van der Waals surface area contributed by atoms with Crippen LogP contribution in [0.25, 0.3) is 11.1 Å². The highest BCUT2D eigenvalue weighted by molar-refractivity contribution is 6.76. The minimum atomic E-state index is -1.10. The number of aliphatic carboxylic acids is 1. The highest BCUT2D eigenvalue weighted by atomic mass is 28.3. The Labute approximate surface area is 142 Å². The quantitative estimate of drug-likeness (QED) is 0.583. The first-order valence-corrected chi connectivity index (χ1v) is 11.6. The molecule has 0 spiro atoms. The Balaban J connectivity index is 1.97. The van der Waals surface area contributed by atoms with Crippen LogP contribution in [0.4, 0.5) is 4.39 Å². The number of nitrogens with zero attached hydrogens (tertiary/aromatic N) is 2. The lowest BCUT2D eigenvalue weighted by Crippen LogP contribution is -2.22. The Morgan fingerprint density at radius 2 is 2.08 bits per heavy atom. The fourth-order valence-electron chi connectivity index (χ4n) is 2.15. The van der Waals surface area contributed by atoms with Gasteiger partial charge >= 0.3 is 5.97 Å². The van der Waals surface area contributed by atoms with Gasteiger partial charge in [0.25, 0.3) is 0 Å². The smallest absolute Gasteiger partial charge is 0.307 e. The van der Waals surface area contributed by atoms with Crippen LogP contribution in [0.15, 0.2) is 30.6 Å². The van der Waals surface area contributed by atoms with E-state index in [4.69, 9.17) is 9.84 Å². The van der Waals surface area contributed by atoms with Crippen LogP contribution >= 0.6 is 0 Å². The molecule has 1 aromatic heterocycles. The van der Waals surface area contributed by atoms with Gasteiger partial charge in [0.2, 0.25) is 0 Å². The van der Waals surface area contributed by atoms with Gasteiger partial charge in [0.1, 0.15) is 12.5 Å². The van der Waals surface area contributed by atoms with Gasteiger partial charge in [-0.1, -0.05) is 31.8 Å². The van der Waals surface area contributed by atoms with E-state index in [-0.39, 0.29) is 12.0 Å². The van der Waals surface area contributed by atoms with E-state index in [1.54, 1.807) is 23.1 Å². The normalized spacial score (nSPS) is 11.7. The molecule has 0 amide bonds. The molecule has 0 aliphatic rings. The summed E-state index contributed by atoms with van der Waals surface area (Å²) < 4.78 is 21.2. The molecule has 1 aromatic carbocycles. The minimum Gasteiger partial charge on any atom is -0.481 e. The van der Waals surface area contributed by atoms with Gasteiger partial charge in [-0.25, -0.2) is 9.07 Å². The van der Waals surface area contributed by atoms with Crippen LogP contribution in [-0.2, 0) is 22.7 Å². The first-order chi connectivity index (χ1) is 11.2. The van der Waals surface area contributed by atoms with Gasteiger partial charge in [0.15, 0.2) is 0 Å². The molecule has 0 atom stereocenters. The van der Waals surface area contributed by atoms with Crippen molar-refractivity contribution in [3.8, 4) is 11.1 Å². The number of benzene rings is 1. The molecule has 0 aliphatic heterocycles. The summed E-state index contributed by atoms with van der Waals surface area (Å²) in [5.41, 5.74) is 1.60. The SMILES string of the molecule is C[Si](C)(C)CCOCn1cc(-c2ccc(CC(=O)O)c(F)c2)cn1. The topological polar surface area (TPSA) is 64.3 Å². The third-order valence-corrected chi connectivity index (χ3v) is 5.29. The predicted molar refractivity (Wildman–Crippen MR) is 93.1 cm³/mol. The van der Waals surface area contributed by atoms with Gasteiger partial charge in [0, 0.05) is 26.4 Å². The molecule has 0 unspecified atom stereocenters. The second kappa shape index (κ2) is 7.72. The van der Waals surface area contributed by atoms with E-state index < -0.39 is 19.9 Å². The van der Waals surface area contributed by atoms with Gasteiger partial charge in [-0.2, -0.15) is 5.10 Å². The number of hydrogen-bond donors (Lipinski definition) is 1. The Kier molecular flexibility index (Phi) is 5.90. The number of aromatic nitrogens is 2. The molecule has 0 bridgehead atoms. The molecule has 0 fully saturated rings. The lowest BCUT2D eigenvalue weighted by atomic mass is 10.0. The minimum absolute atomic E-state index is 0.174. The van der Waals surface area contributed by atoms with Gasteiger partial charge in [0.05, 0.1) is 12.6 Å². The molecule has 0 radical (unpaired) electrons. The van der Waals surface area contributed by atoms with Crippen LogP contribution < -0.4 is 0 Å². The molecular weight excluding hydrogens is 327 g/mol. The van der Waals surface area contributed by atoms with Crippen molar-refractivity contribution < 1.29 is 19.0 Å². The summed E-state index contributed by atoms with van der Waals surface area (Å²) in [6.07, 6.45) is 3.12. The number of halogens is 1. The number of carboxylic acid groups (broad SMARTS) is 1. The third kappa shape index (κ3) is 5.57. The van der Waals surface area contributed by atoms with Crippen LogP contribution in [0, 0.1) is 5.82 Å². The highest BCUT2D eigenvalue weighted by Gasteiger charge is 2.12. The zero-order valence-corrected chi connectivity index (χ0v) is 15.3. The second-order valence-electron chi connectivity index (χ2n) is 6.99. The molecule has 1 N–H and O–H groups in total. The molecule has 2 aromatic rings. The molecule has 7 heteroatoms. The zero-order chi connectivity index (χ0) is 17.7. The number of hydrogen-bond acceptors (Lipinski definition) is 3. The van der Waals surface area contributed by atoms with Crippen molar-refractivity contribution in [1.82, 2.24) is 9.78 Å². The fraction of sp³-hybridized carbons (Fsp3) is 0.412. The van der Waals surface area contributed by atoms with E-state index in [0.717, 1.165) is 11.6 Å². The first kappa shape index (κ1) is 18.3. The van der Waals surface area contributed by atoms with E-state index in [9.17, 15) is 9.18 Å². The zero-order valence-electron chi connectivity index (χ0n) is 14.3. The summed E-state index contributed by atoms with van der Waals surface area (Å²) in [7, 11) is -1.10. The van der Waals surface area contributed by atoms with E-state index in [1.807, 2.05) is 0 Å². The van der Waals surface area contributed by atoms with Crippen LogP contribution in [0.1, 0.15) is 5.56 Å². The fourth-order valence-corrected chi connectivity index (χ4v) is 2.91. The molecule has 5 nitrogen and oxygen atoms in total. The Hall–Kier alpha value is -1.99. The largest absolute Gasteiger partial charge is 0.481 e. The van der Waals surface area contributed by atoms with E-state index in [0.29, 0.717) is 18.9 Å². The summed E-state index contributed by atoms with van der Waals surface area (Å²) in [4.78, 5) is 10.7. The van der Waals surface area contributed by atoms with E-state index in [1.165, 1.54) is 12.1 Å². The molecule has 130 valence electrons. The van der Waals surface area contributed by atoms with E-state index in [2.05, 4.69) is 24.7 Å². The maximum atomic E-state index is 14.0. The van der Waals surface area contributed by atoms with Crippen molar-refractivity contribution >= 4 is 14.0 Å². The molecule has 1 heterocycles. The summed E-state index contributed by atoms with van der Waals surface area (Å²) in [5.74, 6) is -1.57. The Morgan fingerprint density at radius 3 is 2.71 bits per heavy atom. The van der Waals surface area contributed by atoms with Crippen molar-refractivity contribution in [2.24, 2.45) is 0 Å². The summed E-state index contributed by atoms with van der Waals surface area (Å²) in [6.45, 7) is 7.97. The summed E-state index contributed by atoms with van der Waals surface area (Å²) >= 11 is 0. The average molecular weight is 350 g/mol. The maximum Gasteiger partial charge on any atom is 0.307 e. The van der Waals surface area contributed by atoms with Gasteiger partial charge in [-0.05, 0) is 23.2 Å². The maximum absolute atomic E-state index is 14.0. The standard InChI is InChI=1S/C17H23FN2O3Si/c1-24(2,3)7-6-23-12-20-11-15(10-19-20)13-4-5-14(9-17(21)22)16(18)8-13/h4-5,8,10-11H,6-7,9,12H2,1-3H3,(H,21,22). The van der Waals surface area contributed by atoms with Crippen LogP contribution in [0.5, 0.6) is 0 Å². The van der Waals surface area contributed by atoms with Crippen molar-refractivity contribution in [3.63, 3.8) is 0 Å². The van der Waals surface area contributed by atoms with Crippen molar-refractivity contribution in [1.29, 1.82) is 0 Å². The number of rotatable bonds is 8. The van der Waals surface area contributed by atoms with Crippen molar-refractivity contribution in [2.75, 3.05) is 6.61 Å². The molecule has 2 rings (SSSR count). The van der Waals surface area contributed by atoms with E-state index >= 15 is 0 Å². The van der Waals surface area contributed by atoms with Crippen molar-refractivity contribution in [3.05, 3.63) is 42.0 Å². The lowest BCUT2D eigenvalue weighted by molar-refractivity contribution is -0.136. The third-order valence-electron chi connectivity index (χ3n) is 3.58. The molecule has 24 heavy (non-hydrogen) atoms.